The Hall–Kier alpha value is -0.0800. The predicted molar refractivity (Wildman–Crippen MR) is 37.3 cm³/mol. The molecule has 1 saturated carbocycles. The van der Waals surface area contributed by atoms with E-state index in [2.05, 4.69) is 4.90 Å². The van der Waals surface area contributed by atoms with Gasteiger partial charge >= 0.3 is 0 Å². The quantitative estimate of drug-likeness (QED) is 0.585. The van der Waals surface area contributed by atoms with Crippen LogP contribution in [0.25, 0.3) is 0 Å². The normalized spacial score (nSPS) is 26.3. The van der Waals surface area contributed by atoms with Gasteiger partial charge in [0.2, 0.25) is 0 Å². The number of aliphatic hydroxyl groups excluding tert-OH is 1. The zero-order valence-electron chi connectivity index (χ0n) is 6.39. The van der Waals surface area contributed by atoms with Crippen LogP contribution in [0.1, 0.15) is 19.8 Å². The van der Waals surface area contributed by atoms with Crippen molar-refractivity contribution in [3.05, 3.63) is 0 Å². The maximum absolute atomic E-state index is 9.27. The average molecular weight is 129 g/mol. The third kappa shape index (κ3) is 0.970. The molecule has 0 radical (unpaired) electrons. The molecule has 0 saturated heterocycles. The van der Waals surface area contributed by atoms with Gasteiger partial charge in [-0.25, -0.2) is 0 Å². The van der Waals surface area contributed by atoms with E-state index in [9.17, 15) is 5.11 Å². The van der Waals surface area contributed by atoms with Gasteiger partial charge in [-0.2, -0.15) is 0 Å². The maximum Gasteiger partial charge on any atom is 0.0695 e. The van der Waals surface area contributed by atoms with Crippen LogP contribution in [0.4, 0.5) is 0 Å². The molecule has 0 aromatic carbocycles. The fourth-order valence-electron chi connectivity index (χ4n) is 1.37. The SMILES string of the molecule is C[C@@H](O)C1(N(C)C)CC1. The zero-order valence-corrected chi connectivity index (χ0v) is 6.39. The summed E-state index contributed by atoms with van der Waals surface area (Å²) in [6.45, 7) is 1.87. The lowest BCUT2D eigenvalue weighted by Crippen LogP contribution is -2.39. The van der Waals surface area contributed by atoms with Crippen molar-refractivity contribution in [3.8, 4) is 0 Å². The minimum Gasteiger partial charge on any atom is -0.391 e. The highest BCUT2D eigenvalue weighted by Gasteiger charge is 2.48. The number of hydrogen-bond donors (Lipinski definition) is 1. The Bertz CT molecular complexity index is 95.5. The first kappa shape index (κ1) is 7.03. The van der Waals surface area contributed by atoms with Crippen molar-refractivity contribution in [2.45, 2.75) is 31.4 Å². The van der Waals surface area contributed by atoms with Crippen LogP contribution in [-0.4, -0.2) is 35.7 Å². The van der Waals surface area contributed by atoms with Crippen molar-refractivity contribution >= 4 is 0 Å². The van der Waals surface area contributed by atoms with Crippen molar-refractivity contribution in [2.75, 3.05) is 14.1 Å². The van der Waals surface area contributed by atoms with Gasteiger partial charge in [0.1, 0.15) is 0 Å². The van der Waals surface area contributed by atoms with E-state index < -0.39 is 0 Å². The van der Waals surface area contributed by atoms with Gasteiger partial charge in [-0.3, -0.25) is 0 Å². The highest BCUT2D eigenvalue weighted by Crippen LogP contribution is 2.42. The second kappa shape index (κ2) is 1.96. The molecule has 1 aliphatic rings. The third-order valence-electron chi connectivity index (χ3n) is 2.43. The fraction of sp³-hybridized carbons (Fsp3) is 1.00. The molecule has 0 aromatic heterocycles. The molecule has 2 nitrogen and oxygen atoms in total. The summed E-state index contributed by atoms with van der Waals surface area (Å²) >= 11 is 0. The third-order valence-corrected chi connectivity index (χ3v) is 2.43. The second-order valence-electron chi connectivity index (χ2n) is 3.17. The van der Waals surface area contributed by atoms with Crippen LogP contribution in [0.5, 0.6) is 0 Å². The Morgan fingerprint density at radius 2 is 1.89 bits per heavy atom. The van der Waals surface area contributed by atoms with Crippen LogP contribution in [0.3, 0.4) is 0 Å². The lowest BCUT2D eigenvalue weighted by atomic mass is 10.1. The van der Waals surface area contributed by atoms with Gasteiger partial charge in [0.05, 0.1) is 6.10 Å². The minimum atomic E-state index is -0.174. The van der Waals surface area contributed by atoms with E-state index >= 15 is 0 Å². The molecule has 1 N–H and O–H groups in total. The van der Waals surface area contributed by atoms with Gasteiger partial charge in [-0.1, -0.05) is 0 Å². The van der Waals surface area contributed by atoms with Crippen LogP contribution in [0, 0.1) is 0 Å². The number of hydrogen-bond acceptors (Lipinski definition) is 2. The number of rotatable bonds is 2. The molecule has 1 rings (SSSR count). The first-order valence-electron chi connectivity index (χ1n) is 3.45. The Balaban J connectivity index is 2.52. The van der Waals surface area contributed by atoms with Crippen molar-refractivity contribution in [2.24, 2.45) is 0 Å². The molecule has 0 amide bonds. The second-order valence-corrected chi connectivity index (χ2v) is 3.17. The lowest BCUT2D eigenvalue weighted by Gasteiger charge is -2.26. The summed E-state index contributed by atoms with van der Waals surface area (Å²) in [5.74, 6) is 0. The van der Waals surface area contributed by atoms with Crippen LogP contribution in [0.2, 0.25) is 0 Å². The topological polar surface area (TPSA) is 23.5 Å². The Morgan fingerprint density at radius 1 is 1.44 bits per heavy atom. The Morgan fingerprint density at radius 3 is 1.89 bits per heavy atom. The molecule has 0 aliphatic heterocycles. The Labute approximate surface area is 56.5 Å². The summed E-state index contributed by atoms with van der Waals surface area (Å²) in [6, 6.07) is 0. The summed E-state index contributed by atoms with van der Waals surface area (Å²) in [5, 5.41) is 9.27. The molecule has 0 heterocycles. The molecule has 1 aliphatic carbocycles. The predicted octanol–water partition coefficient (Wildman–Crippen LogP) is 0.461. The van der Waals surface area contributed by atoms with Crippen LogP contribution >= 0.6 is 0 Å². The van der Waals surface area contributed by atoms with E-state index in [1.54, 1.807) is 0 Å². The van der Waals surface area contributed by atoms with E-state index in [0.29, 0.717) is 0 Å². The van der Waals surface area contributed by atoms with E-state index in [4.69, 9.17) is 0 Å². The number of nitrogens with zero attached hydrogens (tertiary/aromatic N) is 1. The molecule has 0 spiro atoms. The first-order valence-corrected chi connectivity index (χ1v) is 3.45. The van der Waals surface area contributed by atoms with Crippen molar-refractivity contribution < 1.29 is 5.11 Å². The van der Waals surface area contributed by atoms with Crippen molar-refractivity contribution in [3.63, 3.8) is 0 Å². The monoisotopic (exact) mass is 129 g/mol. The number of likely N-dealkylation sites (N-methyl/N-ethyl adjacent to an activating group) is 1. The van der Waals surface area contributed by atoms with Crippen LogP contribution < -0.4 is 0 Å². The molecule has 54 valence electrons. The van der Waals surface area contributed by atoms with Gasteiger partial charge in [-0.15, -0.1) is 0 Å². The molecule has 0 unspecified atom stereocenters. The van der Waals surface area contributed by atoms with Crippen molar-refractivity contribution in [1.82, 2.24) is 4.90 Å². The summed E-state index contributed by atoms with van der Waals surface area (Å²) < 4.78 is 0. The first-order chi connectivity index (χ1) is 4.09. The number of aliphatic hydroxyl groups is 1. The molecule has 2 heteroatoms. The molecular formula is C7H15NO. The molecule has 1 atom stereocenters. The summed E-state index contributed by atoms with van der Waals surface area (Å²) in [4.78, 5) is 2.12. The van der Waals surface area contributed by atoms with Gasteiger partial charge in [0.15, 0.2) is 0 Å². The maximum atomic E-state index is 9.27. The van der Waals surface area contributed by atoms with E-state index in [0.717, 1.165) is 12.8 Å². The fourth-order valence-corrected chi connectivity index (χ4v) is 1.37. The van der Waals surface area contributed by atoms with Crippen molar-refractivity contribution in [1.29, 1.82) is 0 Å². The molecule has 1 fully saturated rings. The van der Waals surface area contributed by atoms with E-state index in [-0.39, 0.29) is 11.6 Å². The van der Waals surface area contributed by atoms with Gasteiger partial charge in [0.25, 0.3) is 0 Å². The van der Waals surface area contributed by atoms with Gasteiger partial charge in [0, 0.05) is 5.54 Å². The summed E-state index contributed by atoms with van der Waals surface area (Å²) in [7, 11) is 4.06. The standard InChI is InChI=1S/C7H15NO/c1-6(9)7(4-5-7)8(2)3/h6,9H,4-5H2,1-3H3/t6-/m1/s1. The highest BCUT2D eigenvalue weighted by atomic mass is 16.3. The van der Waals surface area contributed by atoms with Crippen LogP contribution in [0.15, 0.2) is 0 Å². The van der Waals surface area contributed by atoms with E-state index in [1.165, 1.54) is 0 Å². The summed E-state index contributed by atoms with van der Waals surface area (Å²) in [5.41, 5.74) is 0.139. The van der Waals surface area contributed by atoms with Gasteiger partial charge in [-0.05, 0) is 33.9 Å². The molecule has 0 bridgehead atoms. The molecule has 0 aromatic rings. The van der Waals surface area contributed by atoms with Crippen LogP contribution in [-0.2, 0) is 0 Å². The largest absolute Gasteiger partial charge is 0.391 e. The highest BCUT2D eigenvalue weighted by molar-refractivity contribution is 5.05. The molecule has 9 heavy (non-hydrogen) atoms. The smallest absolute Gasteiger partial charge is 0.0695 e. The van der Waals surface area contributed by atoms with Gasteiger partial charge < -0.3 is 10.0 Å². The Kier molecular flexibility index (Phi) is 1.53. The lowest BCUT2D eigenvalue weighted by molar-refractivity contribution is 0.0741. The zero-order chi connectivity index (χ0) is 7.07. The van der Waals surface area contributed by atoms with E-state index in [1.807, 2.05) is 21.0 Å². The average Bonchev–Trinajstić information content (AvgIpc) is 2.40. The minimum absolute atomic E-state index is 0.139. The summed E-state index contributed by atoms with van der Waals surface area (Å²) in [6.07, 6.45) is 2.13. The molecular weight excluding hydrogens is 114 g/mol.